The van der Waals surface area contributed by atoms with Crippen molar-refractivity contribution in [1.82, 2.24) is 0 Å². The molecule has 0 atom stereocenters. The molecule has 0 aromatic heterocycles. The van der Waals surface area contributed by atoms with Gasteiger partial charge in [-0.05, 0) is 30.7 Å². The first-order valence-corrected chi connectivity index (χ1v) is 3.67. The zero-order valence-electron chi connectivity index (χ0n) is 7.21. The van der Waals surface area contributed by atoms with E-state index in [9.17, 15) is 13.2 Å². The third-order valence-corrected chi connectivity index (χ3v) is 1.55. The molecule has 0 spiro atoms. The Hall–Kier alpha value is -1.68. The molecule has 0 fully saturated rings. The van der Waals surface area contributed by atoms with Crippen LogP contribution in [-0.4, -0.2) is 0 Å². The zero-order valence-corrected chi connectivity index (χ0v) is 7.21. The van der Waals surface area contributed by atoms with Gasteiger partial charge in [0.1, 0.15) is 0 Å². The summed E-state index contributed by atoms with van der Waals surface area (Å²) in [5.41, 5.74) is 7.65. The van der Waals surface area contributed by atoms with Gasteiger partial charge in [-0.1, -0.05) is 10.7 Å². The van der Waals surface area contributed by atoms with Crippen LogP contribution in [0, 0.1) is 6.92 Å². The van der Waals surface area contributed by atoms with Gasteiger partial charge < -0.3 is 0 Å². The van der Waals surface area contributed by atoms with Crippen LogP contribution < -0.4 is 0 Å². The first kappa shape index (κ1) is 10.4. The Balaban J connectivity index is 3.27. The topological polar surface area (TPSA) is 48.8 Å². The van der Waals surface area contributed by atoms with Crippen molar-refractivity contribution >= 4 is 5.69 Å². The fourth-order valence-electron chi connectivity index (χ4n) is 1.04. The standard InChI is InChI=1S/C8H6F3N3/c1-5-2-6(8(9,10)11)4-7(3-5)13-14-12/h2-4H,1H3. The summed E-state index contributed by atoms with van der Waals surface area (Å²) in [6.45, 7) is 1.51. The van der Waals surface area contributed by atoms with E-state index in [0.29, 0.717) is 5.56 Å². The van der Waals surface area contributed by atoms with E-state index in [1.165, 1.54) is 13.0 Å². The summed E-state index contributed by atoms with van der Waals surface area (Å²) in [4.78, 5) is 2.43. The van der Waals surface area contributed by atoms with E-state index in [4.69, 9.17) is 5.53 Å². The van der Waals surface area contributed by atoms with Crippen LogP contribution in [0.5, 0.6) is 0 Å². The lowest BCUT2D eigenvalue weighted by Crippen LogP contribution is -2.04. The molecule has 3 nitrogen and oxygen atoms in total. The highest BCUT2D eigenvalue weighted by atomic mass is 19.4. The maximum absolute atomic E-state index is 12.3. The molecule has 14 heavy (non-hydrogen) atoms. The predicted octanol–water partition coefficient (Wildman–Crippen LogP) is 3.96. The number of azide groups is 1. The second-order valence-electron chi connectivity index (χ2n) is 2.74. The van der Waals surface area contributed by atoms with Crippen molar-refractivity contribution in [2.24, 2.45) is 5.11 Å². The molecule has 74 valence electrons. The second kappa shape index (κ2) is 3.59. The van der Waals surface area contributed by atoms with Crippen molar-refractivity contribution in [3.8, 4) is 0 Å². The van der Waals surface area contributed by atoms with Crippen LogP contribution in [0.3, 0.4) is 0 Å². The molecule has 0 saturated heterocycles. The highest BCUT2D eigenvalue weighted by Gasteiger charge is 2.30. The average Bonchev–Trinajstić information content (AvgIpc) is 2.02. The molecule has 1 aromatic rings. The van der Waals surface area contributed by atoms with E-state index >= 15 is 0 Å². The smallest absolute Gasteiger partial charge is 0.166 e. The molecule has 0 aliphatic carbocycles. The number of benzene rings is 1. The molecule has 0 unspecified atom stereocenters. The number of rotatable bonds is 1. The van der Waals surface area contributed by atoms with Gasteiger partial charge in [0.15, 0.2) is 0 Å². The molecule has 0 aliphatic rings. The number of hydrogen-bond donors (Lipinski definition) is 0. The molecule has 0 heterocycles. The summed E-state index contributed by atoms with van der Waals surface area (Å²) in [7, 11) is 0. The van der Waals surface area contributed by atoms with Crippen LogP contribution in [0.1, 0.15) is 11.1 Å². The van der Waals surface area contributed by atoms with Crippen LogP contribution in [0.4, 0.5) is 18.9 Å². The normalized spacial score (nSPS) is 10.9. The number of nitrogens with zero attached hydrogens (tertiary/aromatic N) is 3. The molecule has 0 saturated carbocycles. The highest BCUT2D eigenvalue weighted by molar-refractivity contribution is 5.44. The minimum atomic E-state index is -4.41. The van der Waals surface area contributed by atoms with Gasteiger partial charge in [-0.2, -0.15) is 13.2 Å². The largest absolute Gasteiger partial charge is 0.416 e. The molecule has 0 amide bonds. The first-order valence-electron chi connectivity index (χ1n) is 3.67. The van der Waals surface area contributed by atoms with Gasteiger partial charge in [-0.25, -0.2) is 0 Å². The number of hydrogen-bond acceptors (Lipinski definition) is 1. The lowest BCUT2D eigenvalue weighted by atomic mass is 10.1. The summed E-state index contributed by atoms with van der Waals surface area (Å²) >= 11 is 0. The molecule has 0 radical (unpaired) electrons. The average molecular weight is 201 g/mol. The van der Waals surface area contributed by atoms with Crippen LogP contribution >= 0.6 is 0 Å². The van der Waals surface area contributed by atoms with Gasteiger partial charge in [0, 0.05) is 10.6 Å². The summed E-state index contributed by atoms with van der Waals surface area (Å²) in [6, 6.07) is 3.19. The van der Waals surface area contributed by atoms with Crippen LogP contribution in [0.2, 0.25) is 0 Å². The maximum Gasteiger partial charge on any atom is 0.416 e. The Kier molecular flexibility index (Phi) is 2.67. The van der Waals surface area contributed by atoms with Gasteiger partial charge in [0.05, 0.1) is 5.56 Å². The van der Waals surface area contributed by atoms with Gasteiger partial charge >= 0.3 is 6.18 Å². The maximum atomic E-state index is 12.3. The van der Waals surface area contributed by atoms with Crippen molar-refractivity contribution in [3.63, 3.8) is 0 Å². The van der Waals surface area contributed by atoms with Crippen molar-refractivity contribution in [3.05, 3.63) is 39.8 Å². The summed E-state index contributed by atoms with van der Waals surface area (Å²) in [5, 5.41) is 3.12. The molecule has 1 aromatic carbocycles. The van der Waals surface area contributed by atoms with Gasteiger partial charge in [0.25, 0.3) is 0 Å². The molecule has 6 heteroatoms. The monoisotopic (exact) mass is 201 g/mol. The Bertz CT molecular complexity index is 391. The summed E-state index contributed by atoms with van der Waals surface area (Å²) < 4.78 is 36.8. The number of aryl methyl sites for hydroxylation is 1. The zero-order chi connectivity index (χ0) is 10.8. The summed E-state index contributed by atoms with van der Waals surface area (Å²) in [6.07, 6.45) is -4.41. The SMILES string of the molecule is Cc1cc(N=[N+]=[N-])cc(C(F)(F)F)c1. The van der Waals surface area contributed by atoms with Crippen LogP contribution in [0.15, 0.2) is 23.3 Å². The van der Waals surface area contributed by atoms with E-state index in [2.05, 4.69) is 10.0 Å². The number of halogens is 3. The molecule has 0 N–H and O–H groups in total. The quantitative estimate of drug-likeness (QED) is 0.375. The van der Waals surface area contributed by atoms with Crippen molar-refractivity contribution < 1.29 is 13.2 Å². The molecule has 0 aliphatic heterocycles. The van der Waals surface area contributed by atoms with E-state index in [-0.39, 0.29) is 5.69 Å². The Morgan fingerprint density at radius 1 is 1.29 bits per heavy atom. The van der Waals surface area contributed by atoms with Crippen LogP contribution in [-0.2, 0) is 6.18 Å². The fraction of sp³-hybridized carbons (Fsp3) is 0.250. The molecule has 0 bridgehead atoms. The Morgan fingerprint density at radius 2 is 1.93 bits per heavy atom. The first-order chi connectivity index (χ1) is 6.43. The highest BCUT2D eigenvalue weighted by Crippen LogP contribution is 2.32. The Labute approximate surface area is 77.8 Å². The van der Waals surface area contributed by atoms with Gasteiger partial charge in [-0.3, -0.25) is 0 Å². The second-order valence-corrected chi connectivity index (χ2v) is 2.74. The molecule has 1 rings (SSSR count). The van der Waals surface area contributed by atoms with Crippen molar-refractivity contribution in [2.75, 3.05) is 0 Å². The van der Waals surface area contributed by atoms with Crippen molar-refractivity contribution in [1.29, 1.82) is 0 Å². The third kappa shape index (κ3) is 2.40. The van der Waals surface area contributed by atoms with E-state index in [1.54, 1.807) is 0 Å². The lowest BCUT2D eigenvalue weighted by molar-refractivity contribution is -0.137. The molecular weight excluding hydrogens is 195 g/mol. The lowest BCUT2D eigenvalue weighted by Gasteiger charge is -2.07. The van der Waals surface area contributed by atoms with E-state index in [1.807, 2.05) is 0 Å². The van der Waals surface area contributed by atoms with Crippen molar-refractivity contribution in [2.45, 2.75) is 13.1 Å². The minimum absolute atomic E-state index is 0.0279. The van der Waals surface area contributed by atoms with Gasteiger partial charge in [-0.15, -0.1) is 0 Å². The molecular formula is C8H6F3N3. The minimum Gasteiger partial charge on any atom is -0.166 e. The van der Waals surface area contributed by atoms with E-state index in [0.717, 1.165) is 12.1 Å². The fourth-order valence-corrected chi connectivity index (χ4v) is 1.04. The number of alkyl halides is 3. The van der Waals surface area contributed by atoms with E-state index < -0.39 is 11.7 Å². The van der Waals surface area contributed by atoms with Crippen LogP contribution in [0.25, 0.3) is 10.4 Å². The Morgan fingerprint density at radius 3 is 2.43 bits per heavy atom. The van der Waals surface area contributed by atoms with Gasteiger partial charge in [0.2, 0.25) is 0 Å². The third-order valence-electron chi connectivity index (χ3n) is 1.55. The predicted molar refractivity (Wildman–Crippen MR) is 45.0 cm³/mol. The summed E-state index contributed by atoms with van der Waals surface area (Å²) in [5.74, 6) is 0.